The molecule has 1 aliphatic carbocycles. The zero-order chi connectivity index (χ0) is 29.9. The molecule has 0 spiro atoms. The van der Waals surface area contributed by atoms with Crippen molar-refractivity contribution in [1.82, 2.24) is 20.5 Å². The Morgan fingerprint density at radius 2 is 1.80 bits per heavy atom. The van der Waals surface area contributed by atoms with Crippen molar-refractivity contribution in [3.63, 3.8) is 0 Å². The third-order valence-electron chi connectivity index (χ3n) is 8.14. The molecule has 1 aromatic heterocycles. The zero-order valence-corrected chi connectivity index (χ0v) is 23.6. The first-order valence-corrected chi connectivity index (χ1v) is 13.3. The molecule has 2 fully saturated rings. The van der Waals surface area contributed by atoms with Crippen LogP contribution in [0.15, 0.2) is 30.6 Å². The molecule has 1 aliphatic heterocycles. The molecular formula is C27H33F4N5O3S. The van der Waals surface area contributed by atoms with Crippen molar-refractivity contribution < 1.29 is 31.9 Å². The Hall–Kier alpha value is -2.93. The normalized spacial score (nSPS) is 24.2. The first kappa shape index (κ1) is 30.0. The Labute approximate surface area is 234 Å². The summed E-state index contributed by atoms with van der Waals surface area (Å²) in [5.74, 6) is -4.54. The third-order valence-corrected chi connectivity index (χ3v) is 8.44. The molecule has 1 saturated carbocycles. The molecule has 1 saturated heterocycles. The van der Waals surface area contributed by atoms with E-state index in [1.54, 1.807) is 6.07 Å². The molecule has 0 bridgehead atoms. The molecule has 40 heavy (non-hydrogen) atoms. The summed E-state index contributed by atoms with van der Waals surface area (Å²) >= 11 is 4.32. The number of carbonyl (C=O) groups excluding carboxylic acids is 3. The van der Waals surface area contributed by atoms with E-state index in [4.69, 9.17) is 5.73 Å². The van der Waals surface area contributed by atoms with E-state index in [-0.39, 0.29) is 29.2 Å². The van der Waals surface area contributed by atoms with Crippen LogP contribution < -0.4 is 16.4 Å². The maximum absolute atomic E-state index is 14.9. The fourth-order valence-electron chi connectivity index (χ4n) is 5.88. The van der Waals surface area contributed by atoms with Gasteiger partial charge in [0, 0.05) is 35.3 Å². The minimum absolute atomic E-state index is 0.0778. The van der Waals surface area contributed by atoms with Gasteiger partial charge in [0.25, 0.3) is 0 Å². The van der Waals surface area contributed by atoms with E-state index in [1.807, 2.05) is 19.2 Å². The minimum atomic E-state index is -5.19. The quantitative estimate of drug-likeness (QED) is 0.237. The van der Waals surface area contributed by atoms with Crippen molar-refractivity contribution in [1.29, 1.82) is 0 Å². The number of alkyl halides is 3. The highest BCUT2D eigenvalue weighted by Gasteiger charge is 2.70. The summed E-state index contributed by atoms with van der Waals surface area (Å²) in [6, 6.07) is 0.849. The van der Waals surface area contributed by atoms with Crippen LogP contribution in [-0.2, 0) is 14.4 Å². The molecule has 6 atom stereocenters. The summed E-state index contributed by atoms with van der Waals surface area (Å²) in [5.41, 5.74) is 5.00. The Bertz CT molecular complexity index is 1340. The van der Waals surface area contributed by atoms with E-state index in [0.717, 1.165) is 0 Å². The number of benzene rings is 1. The molecule has 1 aromatic carbocycles. The van der Waals surface area contributed by atoms with E-state index in [9.17, 15) is 31.9 Å². The maximum Gasteiger partial charge on any atom is 0.471 e. The van der Waals surface area contributed by atoms with Gasteiger partial charge in [0.15, 0.2) is 0 Å². The van der Waals surface area contributed by atoms with Crippen molar-refractivity contribution in [2.45, 2.75) is 64.3 Å². The predicted octanol–water partition coefficient (Wildman–Crippen LogP) is 3.32. The Morgan fingerprint density at radius 3 is 2.38 bits per heavy atom. The van der Waals surface area contributed by atoms with E-state index in [2.05, 4.69) is 22.9 Å². The molecule has 4 N–H and O–H groups in total. The number of thiol groups is 1. The van der Waals surface area contributed by atoms with Gasteiger partial charge in [-0.05, 0) is 28.7 Å². The standard InChI is InChI=1S/C27H33F4N5O3S/c1-25(2,3)20(35-24(39)27(29,30)31)23(38)36-11-14-17(26(14,4)5)19(36)22(37)34-18(21(32)40)13-10-33-9-12-7-6-8-15(28)16(12)13/h6-10,14,17-21,40H,11,32H2,1-5H3,(H,34,37)(H,35,39)/t14-,17-,18-,19-,20+,21?/m0/s1. The number of carbonyl (C=O) groups is 3. The highest BCUT2D eigenvalue weighted by atomic mass is 32.1. The Kier molecular flexibility index (Phi) is 7.63. The summed E-state index contributed by atoms with van der Waals surface area (Å²) in [6.45, 7) is 8.61. The van der Waals surface area contributed by atoms with Crippen molar-refractivity contribution in [3.05, 3.63) is 42.0 Å². The molecule has 1 unspecified atom stereocenters. The number of hydrogen-bond donors (Lipinski definition) is 4. The van der Waals surface area contributed by atoms with Crippen LogP contribution in [0.3, 0.4) is 0 Å². The van der Waals surface area contributed by atoms with Gasteiger partial charge < -0.3 is 21.3 Å². The number of amides is 3. The van der Waals surface area contributed by atoms with Crippen LogP contribution in [0.5, 0.6) is 0 Å². The third kappa shape index (κ3) is 5.37. The number of halogens is 4. The second kappa shape index (κ2) is 10.2. The molecule has 0 radical (unpaired) electrons. The average Bonchev–Trinajstić information content (AvgIpc) is 3.16. The lowest BCUT2D eigenvalue weighted by atomic mass is 9.85. The maximum atomic E-state index is 14.9. The van der Waals surface area contributed by atoms with Crippen LogP contribution in [0.25, 0.3) is 10.8 Å². The predicted molar refractivity (Wildman–Crippen MR) is 143 cm³/mol. The molecule has 218 valence electrons. The lowest BCUT2D eigenvalue weighted by molar-refractivity contribution is -0.176. The number of piperidine rings is 1. The number of pyridine rings is 1. The molecule has 8 nitrogen and oxygen atoms in total. The smallest absolute Gasteiger partial charge is 0.345 e. The summed E-state index contributed by atoms with van der Waals surface area (Å²) < 4.78 is 54.1. The molecule has 4 rings (SSSR count). The SMILES string of the molecule is CC(C)(C)[C@H](NC(=O)C(F)(F)F)C(=O)N1C[C@H]2[C@@H]([C@H]1C(=O)N[C@@H](c1cncc3cccc(F)c13)C(N)S)C2(C)C. The van der Waals surface area contributed by atoms with E-state index in [1.165, 1.54) is 50.2 Å². The summed E-state index contributed by atoms with van der Waals surface area (Å²) in [4.78, 5) is 44.8. The van der Waals surface area contributed by atoms with Crippen molar-refractivity contribution in [2.24, 2.45) is 28.4 Å². The van der Waals surface area contributed by atoms with Crippen LogP contribution in [0.4, 0.5) is 17.6 Å². The lowest BCUT2D eigenvalue weighted by Gasteiger charge is -2.38. The van der Waals surface area contributed by atoms with Crippen molar-refractivity contribution in [3.8, 4) is 0 Å². The highest BCUT2D eigenvalue weighted by Crippen LogP contribution is 2.65. The minimum Gasteiger partial charge on any atom is -0.345 e. The van der Waals surface area contributed by atoms with E-state index < -0.39 is 58.6 Å². The summed E-state index contributed by atoms with van der Waals surface area (Å²) in [5, 5.41) is 4.34. The first-order valence-electron chi connectivity index (χ1n) is 12.8. The number of aromatic nitrogens is 1. The topological polar surface area (TPSA) is 117 Å². The number of rotatable bonds is 6. The van der Waals surface area contributed by atoms with E-state index >= 15 is 0 Å². The number of hydrogen-bond acceptors (Lipinski definition) is 6. The molecule has 13 heteroatoms. The number of fused-ring (bicyclic) bond motifs is 2. The van der Waals surface area contributed by atoms with Crippen molar-refractivity contribution >= 4 is 41.1 Å². The van der Waals surface area contributed by atoms with Crippen LogP contribution in [0, 0.1) is 28.5 Å². The van der Waals surface area contributed by atoms with Gasteiger partial charge >= 0.3 is 12.1 Å². The van der Waals surface area contributed by atoms with Crippen LogP contribution >= 0.6 is 12.6 Å². The monoisotopic (exact) mass is 583 g/mol. The number of likely N-dealkylation sites (tertiary alicyclic amines) is 1. The number of nitrogens with two attached hydrogens (primary N) is 1. The lowest BCUT2D eigenvalue weighted by Crippen LogP contribution is -2.61. The van der Waals surface area contributed by atoms with Gasteiger partial charge in [0.1, 0.15) is 17.9 Å². The Balaban J connectivity index is 1.67. The number of nitrogens with one attached hydrogen (secondary N) is 2. The van der Waals surface area contributed by atoms with Gasteiger partial charge in [-0.1, -0.05) is 46.8 Å². The molecule has 2 aliphatic rings. The summed E-state index contributed by atoms with van der Waals surface area (Å²) in [6.07, 6.45) is -2.33. The second-order valence-electron chi connectivity index (χ2n) is 12.2. The summed E-state index contributed by atoms with van der Waals surface area (Å²) in [7, 11) is 0. The number of nitrogens with zero attached hydrogens (tertiary/aromatic N) is 2. The zero-order valence-electron chi connectivity index (χ0n) is 22.7. The van der Waals surface area contributed by atoms with E-state index in [0.29, 0.717) is 10.9 Å². The fraction of sp³-hybridized carbons (Fsp3) is 0.556. The Morgan fingerprint density at radius 1 is 1.15 bits per heavy atom. The average molecular weight is 584 g/mol. The molecule has 3 amide bonds. The highest BCUT2D eigenvalue weighted by molar-refractivity contribution is 7.80. The van der Waals surface area contributed by atoms with Crippen LogP contribution in [0.1, 0.15) is 46.2 Å². The first-order chi connectivity index (χ1) is 18.4. The molecule has 2 heterocycles. The van der Waals surface area contributed by atoms with Crippen LogP contribution in [0.2, 0.25) is 0 Å². The van der Waals surface area contributed by atoms with Gasteiger partial charge in [0.2, 0.25) is 11.8 Å². The second-order valence-corrected chi connectivity index (χ2v) is 12.8. The van der Waals surface area contributed by atoms with Gasteiger partial charge in [-0.2, -0.15) is 25.8 Å². The van der Waals surface area contributed by atoms with Crippen molar-refractivity contribution in [2.75, 3.05) is 6.54 Å². The van der Waals surface area contributed by atoms with Gasteiger partial charge in [-0.3, -0.25) is 19.4 Å². The molecular weight excluding hydrogens is 550 g/mol. The van der Waals surface area contributed by atoms with Gasteiger partial charge in [-0.15, -0.1) is 0 Å². The van der Waals surface area contributed by atoms with Crippen LogP contribution in [-0.4, -0.2) is 57.8 Å². The molecule has 2 aromatic rings. The largest absolute Gasteiger partial charge is 0.471 e. The fourth-order valence-corrected chi connectivity index (χ4v) is 6.11. The van der Waals surface area contributed by atoms with Gasteiger partial charge in [-0.25, -0.2) is 4.39 Å². The van der Waals surface area contributed by atoms with Gasteiger partial charge in [0.05, 0.1) is 11.4 Å².